The van der Waals surface area contributed by atoms with E-state index in [1.54, 1.807) is 29.5 Å². The fraction of sp³-hybridized carbons (Fsp3) is 0.375. The van der Waals surface area contributed by atoms with Crippen LogP contribution in [0.5, 0.6) is 5.75 Å². The average molecular weight is 305 g/mol. The van der Waals surface area contributed by atoms with Gasteiger partial charge in [0.05, 0.1) is 22.9 Å². The molecule has 0 aliphatic rings. The fourth-order valence-electron chi connectivity index (χ4n) is 1.75. The number of benzene rings is 1. The van der Waals surface area contributed by atoms with Gasteiger partial charge in [-0.15, -0.1) is 11.3 Å². The van der Waals surface area contributed by atoms with E-state index in [4.69, 9.17) is 9.84 Å². The van der Waals surface area contributed by atoms with Crippen molar-refractivity contribution >= 4 is 17.3 Å². The Balaban J connectivity index is 1.91. The van der Waals surface area contributed by atoms with Crippen LogP contribution in [0, 0.1) is 0 Å². The maximum absolute atomic E-state index is 10.9. The summed E-state index contributed by atoms with van der Waals surface area (Å²) in [5.41, 5.74) is 1.39. The highest BCUT2D eigenvalue weighted by Gasteiger charge is 2.17. The summed E-state index contributed by atoms with van der Waals surface area (Å²) in [5.74, 6) is -0.377. The molecule has 5 heteroatoms. The number of aromatic carboxylic acids is 1. The molecule has 0 aliphatic heterocycles. The van der Waals surface area contributed by atoms with Crippen LogP contribution in [0.3, 0.4) is 0 Å². The van der Waals surface area contributed by atoms with Crippen LogP contribution in [0.15, 0.2) is 29.6 Å². The summed E-state index contributed by atoms with van der Waals surface area (Å²) in [6.07, 6.45) is 0.720. The maximum atomic E-state index is 10.9. The Morgan fingerprint density at radius 3 is 2.76 bits per heavy atom. The van der Waals surface area contributed by atoms with Gasteiger partial charge in [-0.05, 0) is 18.2 Å². The molecule has 0 unspecified atom stereocenters. The van der Waals surface area contributed by atoms with Crippen LogP contribution in [-0.4, -0.2) is 22.7 Å². The first kappa shape index (κ1) is 15.5. The van der Waals surface area contributed by atoms with Crippen molar-refractivity contribution in [3.8, 4) is 5.75 Å². The van der Waals surface area contributed by atoms with Gasteiger partial charge in [-0.1, -0.05) is 26.8 Å². The zero-order valence-corrected chi connectivity index (χ0v) is 13.2. The molecule has 0 saturated carbocycles. The third-order valence-electron chi connectivity index (χ3n) is 2.99. The molecule has 2 rings (SSSR count). The van der Waals surface area contributed by atoms with Crippen molar-refractivity contribution in [1.82, 2.24) is 4.98 Å². The SMILES string of the molecule is CC(C)(C)c1csc(CCOc2cccc(C(=O)O)c2)n1. The Labute approximate surface area is 128 Å². The van der Waals surface area contributed by atoms with Gasteiger partial charge in [0.15, 0.2) is 0 Å². The zero-order chi connectivity index (χ0) is 15.5. The lowest BCUT2D eigenvalue weighted by molar-refractivity contribution is 0.0696. The Morgan fingerprint density at radius 1 is 1.38 bits per heavy atom. The highest BCUT2D eigenvalue weighted by molar-refractivity contribution is 7.09. The van der Waals surface area contributed by atoms with E-state index in [0.717, 1.165) is 17.1 Å². The highest BCUT2D eigenvalue weighted by atomic mass is 32.1. The monoisotopic (exact) mass is 305 g/mol. The van der Waals surface area contributed by atoms with Crippen LogP contribution in [0.2, 0.25) is 0 Å². The molecule has 1 aromatic heterocycles. The summed E-state index contributed by atoms with van der Waals surface area (Å²) in [7, 11) is 0. The molecule has 1 heterocycles. The van der Waals surface area contributed by atoms with E-state index in [0.29, 0.717) is 12.4 Å². The van der Waals surface area contributed by atoms with Crippen LogP contribution in [0.4, 0.5) is 0 Å². The lowest BCUT2D eigenvalue weighted by Gasteiger charge is -2.14. The number of ether oxygens (including phenoxy) is 1. The van der Waals surface area contributed by atoms with E-state index in [-0.39, 0.29) is 11.0 Å². The zero-order valence-electron chi connectivity index (χ0n) is 12.4. The smallest absolute Gasteiger partial charge is 0.335 e. The minimum atomic E-state index is -0.949. The number of aromatic nitrogens is 1. The lowest BCUT2D eigenvalue weighted by atomic mass is 9.93. The van der Waals surface area contributed by atoms with Gasteiger partial charge in [-0.25, -0.2) is 9.78 Å². The Hall–Kier alpha value is -1.88. The minimum Gasteiger partial charge on any atom is -0.493 e. The van der Waals surface area contributed by atoms with E-state index in [2.05, 4.69) is 31.1 Å². The summed E-state index contributed by atoms with van der Waals surface area (Å²) in [6, 6.07) is 6.52. The number of carbonyl (C=O) groups is 1. The second-order valence-corrected chi connectivity index (χ2v) is 6.75. The van der Waals surface area contributed by atoms with Crippen molar-refractivity contribution in [3.05, 3.63) is 45.9 Å². The van der Waals surface area contributed by atoms with Crippen molar-refractivity contribution in [1.29, 1.82) is 0 Å². The fourth-order valence-corrected chi connectivity index (χ4v) is 2.75. The first-order chi connectivity index (χ1) is 9.86. The van der Waals surface area contributed by atoms with E-state index in [1.807, 2.05) is 0 Å². The van der Waals surface area contributed by atoms with Crippen molar-refractivity contribution in [3.63, 3.8) is 0 Å². The Morgan fingerprint density at radius 2 is 2.14 bits per heavy atom. The number of carboxylic acid groups (broad SMARTS) is 1. The first-order valence-electron chi connectivity index (χ1n) is 6.77. The van der Waals surface area contributed by atoms with Gasteiger partial charge in [-0.3, -0.25) is 0 Å². The second kappa shape index (κ2) is 6.26. The van der Waals surface area contributed by atoms with Crippen molar-refractivity contribution in [2.24, 2.45) is 0 Å². The molecule has 0 amide bonds. The molecular weight excluding hydrogens is 286 g/mol. The highest BCUT2D eigenvalue weighted by Crippen LogP contribution is 2.24. The van der Waals surface area contributed by atoms with Gasteiger partial charge < -0.3 is 9.84 Å². The topological polar surface area (TPSA) is 59.4 Å². The van der Waals surface area contributed by atoms with Crippen molar-refractivity contribution in [2.45, 2.75) is 32.6 Å². The summed E-state index contributed by atoms with van der Waals surface area (Å²) in [5, 5.41) is 12.0. The number of thiazole rings is 1. The Kier molecular flexibility index (Phi) is 4.63. The molecule has 0 atom stereocenters. The number of rotatable bonds is 5. The van der Waals surface area contributed by atoms with Gasteiger partial charge in [0.1, 0.15) is 5.75 Å². The predicted octanol–water partition coefficient (Wildman–Crippen LogP) is 3.76. The summed E-state index contributed by atoms with van der Waals surface area (Å²) in [6.45, 7) is 6.90. The van der Waals surface area contributed by atoms with Crippen LogP contribution in [0.1, 0.15) is 41.8 Å². The normalized spacial score (nSPS) is 11.4. The van der Waals surface area contributed by atoms with Gasteiger partial charge in [0, 0.05) is 17.2 Å². The van der Waals surface area contributed by atoms with Gasteiger partial charge in [0.25, 0.3) is 0 Å². The van der Waals surface area contributed by atoms with Gasteiger partial charge in [0.2, 0.25) is 0 Å². The van der Waals surface area contributed by atoms with Crippen LogP contribution in [-0.2, 0) is 11.8 Å². The largest absolute Gasteiger partial charge is 0.493 e. The number of hydrogen-bond acceptors (Lipinski definition) is 4. The number of hydrogen-bond donors (Lipinski definition) is 1. The van der Waals surface area contributed by atoms with E-state index in [1.165, 1.54) is 6.07 Å². The maximum Gasteiger partial charge on any atom is 0.335 e. The molecule has 0 spiro atoms. The summed E-state index contributed by atoms with van der Waals surface area (Å²) in [4.78, 5) is 15.5. The van der Waals surface area contributed by atoms with Crippen LogP contribution in [0.25, 0.3) is 0 Å². The molecule has 21 heavy (non-hydrogen) atoms. The lowest BCUT2D eigenvalue weighted by Crippen LogP contribution is -2.11. The van der Waals surface area contributed by atoms with Crippen LogP contribution >= 0.6 is 11.3 Å². The molecule has 0 bridgehead atoms. The molecule has 0 fully saturated rings. The molecule has 0 aliphatic carbocycles. The molecule has 0 radical (unpaired) electrons. The van der Waals surface area contributed by atoms with Crippen molar-refractivity contribution in [2.75, 3.05) is 6.61 Å². The summed E-state index contributed by atoms with van der Waals surface area (Å²) >= 11 is 1.63. The van der Waals surface area contributed by atoms with E-state index >= 15 is 0 Å². The van der Waals surface area contributed by atoms with Crippen LogP contribution < -0.4 is 4.74 Å². The molecule has 0 saturated heterocycles. The van der Waals surface area contributed by atoms with E-state index < -0.39 is 5.97 Å². The van der Waals surface area contributed by atoms with Gasteiger partial charge >= 0.3 is 5.97 Å². The van der Waals surface area contributed by atoms with Gasteiger partial charge in [-0.2, -0.15) is 0 Å². The molecule has 1 aromatic carbocycles. The molecule has 1 N–H and O–H groups in total. The average Bonchev–Trinajstić information content (AvgIpc) is 2.88. The number of carboxylic acids is 1. The second-order valence-electron chi connectivity index (χ2n) is 5.81. The van der Waals surface area contributed by atoms with E-state index in [9.17, 15) is 4.79 Å². The third-order valence-corrected chi connectivity index (χ3v) is 3.89. The first-order valence-corrected chi connectivity index (χ1v) is 7.65. The molecule has 2 aromatic rings. The Bertz CT molecular complexity index is 628. The standard InChI is InChI=1S/C16H19NO3S/c1-16(2,3)13-10-21-14(17-13)7-8-20-12-6-4-5-11(9-12)15(18)19/h4-6,9-10H,7-8H2,1-3H3,(H,18,19). The molecule has 4 nitrogen and oxygen atoms in total. The predicted molar refractivity (Wildman–Crippen MR) is 83.4 cm³/mol. The number of nitrogens with zero attached hydrogens (tertiary/aromatic N) is 1. The molecular formula is C16H19NO3S. The summed E-state index contributed by atoms with van der Waals surface area (Å²) < 4.78 is 5.60. The molecule has 112 valence electrons. The van der Waals surface area contributed by atoms with Crippen molar-refractivity contribution < 1.29 is 14.6 Å². The minimum absolute atomic E-state index is 0.0609. The quantitative estimate of drug-likeness (QED) is 0.913. The third kappa shape index (κ3) is 4.29.